The minimum atomic E-state index is -0.717. The molecule has 0 rings (SSSR count). The zero-order valence-corrected chi connectivity index (χ0v) is 7.39. The first-order valence-corrected chi connectivity index (χ1v) is 3.67. The summed E-state index contributed by atoms with van der Waals surface area (Å²) < 4.78 is 0. The molecule has 0 aromatic heterocycles. The molecule has 0 heterocycles. The fraction of sp³-hybridized carbons (Fsp3) is 0.714. The molecule has 12 heavy (non-hydrogen) atoms. The Morgan fingerprint density at radius 2 is 1.92 bits per heavy atom. The Morgan fingerprint density at radius 1 is 1.42 bits per heavy atom. The van der Waals surface area contributed by atoms with Gasteiger partial charge >= 0.3 is 0 Å². The smallest absolute Gasteiger partial charge is 0.233 e. The summed E-state index contributed by atoms with van der Waals surface area (Å²) in [6, 6.07) is 0. The highest BCUT2D eigenvalue weighted by atomic mass is 16.2. The van der Waals surface area contributed by atoms with E-state index in [1.54, 1.807) is 13.8 Å². The Bertz CT molecular complexity index is 189. The van der Waals surface area contributed by atoms with Crippen molar-refractivity contribution in [2.24, 2.45) is 16.9 Å². The molecule has 0 radical (unpaired) electrons. The Hall–Kier alpha value is -1.10. The normalized spacial score (nSPS) is 10.9. The van der Waals surface area contributed by atoms with Gasteiger partial charge in [-0.2, -0.15) is 0 Å². The molecule has 0 aliphatic carbocycles. The number of carbonyl (C=O) groups excluding carboxylic acids is 2. The van der Waals surface area contributed by atoms with Crippen LogP contribution in [0.2, 0.25) is 0 Å². The van der Waals surface area contributed by atoms with E-state index < -0.39 is 11.3 Å². The second kappa shape index (κ2) is 4.06. The van der Waals surface area contributed by atoms with Crippen molar-refractivity contribution in [3.8, 4) is 0 Å². The van der Waals surface area contributed by atoms with Crippen LogP contribution < -0.4 is 16.8 Å². The van der Waals surface area contributed by atoms with Crippen molar-refractivity contribution in [1.82, 2.24) is 5.32 Å². The molecule has 2 amide bonds. The summed E-state index contributed by atoms with van der Waals surface area (Å²) in [7, 11) is 0. The maximum absolute atomic E-state index is 10.8. The lowest BCUT2D eigenvalue weighted by atomic mass is 9.93. The third-order valence-corrected chi connectivity index (χ3v) is 1.58. The van der Waals surface area contributed by atoms with Gasteiger partial charge in [-0.15, -0.1) is 0 Å². The van der Waals surface area contributed by atoms with Gasteiger partial charge in [0.25, 0.3) is 0 Å². The van der Waals surface area contributed by atoms with E-state index in [2.05, 4.69) is 5.32 Å². The summed E-state index contributed by atoms with van der Waals surface area (Å²) in [4.78, 5) is 21.5. The highest BCUT2D eigenvalue weighted by Crippen LogP contribution is 2.11. The average molecular weight is 173 g/mol. The van der Waals surface area contributed by atoms with Gasteiger partial charge in [-0.05, 0) is 13.8 Å². The monoisotopic (exact) mass is 173 g/mol. The number of rotatable bonds is 4. The molecule has 5 nitrogen and oxygen atoms in total. The fourth-order valence-electron chi connectivity index (χ4n) is 0.479. The summed E-state index contributed by atoms with van der Waals surface area (Å²) in [5.41, 5.74) is 9.41. The SMILES string of the molecule is CC(C)(CNC(=O)CN)C(N)=O. The zero-order chi connectivity index (χ0) is 9.78. The van der Waals surface area contributed by atoms with Crippen molar-refractivity contribution in [3.05, 3.63) is 0 Å². The van der Waals surface area contributed by atoms with Crippen molar-refractivity contribution in [2.45, 2.75) is 13.8 Å². The standard InChI is InChI=1S/C7H15N3O2/c1-7(2,6(9)12)4-10-5(11)3-8/h3-4,8H2,1-2H3,(H2,9,12)(H,10,11). The average Bonchev–Trinajstić information content (AvgIpc) is 2.00. The minimum absolute atomic E-state index is 0.0746. The molecule has 0 aliphatic heterocycles. The van der Waals surface area contributed by atoms with E-state index in [4.69, 9.17) is 11.5 Å². The van der Waals surface area contributed by atoms with Crippen LogP contribution >= 0.6 is 0 Å². The lowest BCUT2D eigenvalue weighted by molar-refractivity contribution is -0.126. The third-order valence-electron chi connectivity index (χ3n) is 1.58. The van der Waals surface area contributed by atoms with Gasteiger partial charge in [-0.25, -0.2) is 0 Å². The first kappa shape index (κ1) is 10.9. The van der Waals surface area contributed by atoms with Crippen molar-refractivity contribution < 1.29 is 9.59 Å². The summed E-state index contributed by atoms with van der Waals surface area (Å²) in [6.07, 6.45) is 0. The van der Waals surface area contributed by atoms with Crippen LogP contribution in [0.5, 0.6) is 0 Å². The third kappa shape index (κ3) is 3.34. The van der Waals surface area contributed by atoms with Crippen LogP contribution in [-0.2, 0) is 9.59 Å². The van der Waals surface area contributed by atoms with Crippen LogP contribution in [0.25, 0.3) is 0 Å². The van der Waals surface area contributed by atoms with E-state index in [0.29, 0.717) is 0 Å². The molecule has 0 atom stereocenters. The van der Waals surface area contributed by atoms with Crippen molar-refractivity contribution in [1.29, 1.82) is 0 Å². The molecule has 0 aliphatic rings. The first-order valence-electron chi connectivity index (χ1n) is 3.67. The molecule has 5 heteroatoms. The minimum Gasteiger partial charge on any atom is -0.369 e. The molecule has 70 valence electrons. The van der Waals surface area contributed by atoms with Crippen LogP contribution in [0.3, 0.4) is 0 Å². The number of nitrogens with two attached hydrogens (primary N) is 2. The summed E-state index contributed by atoms with van der Waals surface area (Å²) in [5, 5.41) is 2.49. The van der Waals surface area contributed by atoms with Gasteiger partial charge in [0.05, 0.1) is 12.0 Å². The summed E-state index contributed by atoms with van der Waals surface area (Å²) >= 11 is 0. The van der Waals surface area contributed by atoms with Crippen molar-refractivity contribution in [2.75, 3.05) is 13.1 Å². The van der Waals surface area contributed by atoms with Crippen LogP contribution in [0.4, 0.5) is 0 Å². The molecule has 5 N–H and O–H groups in total. The molecule has 0 aromatic rings. The number of nitrogens with one attached hydrogen (secondary N) is 1. The molecule has 0 aromatic carbocycles. The number of amides is 2. The highest BCUT2D eigenvalue weighted by Gasteiger charge is 2.24. The second-order valence-corrected chi connectivity index (χ2v) is 3.23. The maximum atomic E-state index is 10.8. The van der Waals surface area contributed by atoms with Crippen LogP contribution in [0, 0.1) is 5.41 Å². The molecule has 0 unspecified atom stereocenters. The number of hydrogen-bond donors (Lipinski definition) is 3. The zero-order valence-electron chi connectivity index (χ0n) is 7.39. The van der Waals surface area contributed by atoms with Gasteiger partial charge < -0.3 is 16.8 Å². The van der Waals surface area contributed by atoms with Gasteiger partial charge in [0.15, 0.2) is 0 Å². The second-order valence-electron chi connectivity index (χ2n) is 3.23. The van der Waals surface area contributed by atoms with Gasteiger partial charge in [-0.1, -0.05) is 0 Å². The molecule has 0 saturated heterocycles. The molecule has 0 bridgehead atoms. The molecule has 0 saturated carbocycles. The van der Waals surface area contributed by atoms with Crippen LogP contribution in [-0.4, -0.2) is 24.9 Å². The van der Waals surface area contributed by atoms with Gasteiger partial charge in [-0.3, -0.25) is 9.59 Å². The highest BCUT2D eigenvalue weighted by molar-refractivity contribution is 5.82. The van der Waals surface area contributed by atoms with Gasteiger partial charge in [0.2, 0.25) is 11.8 Å². The summed E-state index contributed by atoms with van der Waals surface area (Å²) in [5.74, 6) is -0.732. The number of primary amides is 1. The molecular formula is C7H15N3O2. The fourth-order valence-corrected chi connectivity index (χ4v) is 0.479. The van der Waals surface area contributed by atoms with Crippen molar-refractivity contribution in [3.63, 3.8) is 0 Å². The van der Waals surface area contributed by atoms with Crippen LogP contribution in [0.1, 0.15) is 13.8 Å². The predicted octanol–water partition coefficient (Wildman–Crippen LogP) is -1.43. The van der Waals surface area contributed by atoms with Gasteiger partial charge in [0.1, 0.15) is 0 Å². The lowest BCUT2D eigenvalue weighted by Gasteiger charge is -2.20. The predicted molar refractivity (Wildman–Crippen MR) is 45.0 cm³/mol. The largest absolute Gasteiger partial charge is 0.369 e. The van der Waals surface area contributed by atoms with E-state index in [0.717, 1.165) is 0 Å². The van der Waals surface area contributed by atoms with Crippen LogP contribution in [0.15, 0.2) is 0 Å². The lowest BCUT2D eigenvalue weighted by Crippen LogP contribution is -2.43. The van der Waals surface area contributed by atoms with Crippen molar-refractivity contribution >= 4 is 11.8 Å². The molecule has 0 spiro atoms. The maximum Gasteiger partial charge on any atom is 0.233 e. The molecule has 0 fully saturated rings. The number of carbonyl (C=O) groups is 2. The Kier molecular flexibility index (Phi) is 3.69. The topological polar surface area (TPSA) is 98.2 Å². The number of hydrogen-bond acceptors (Lipinski definition) is 3. The Balaban J connectivity index is 3.92. The quantitative estimate of drug-likeness (QED) is 0.486. The van der Waals surface area contributed by atoms with Gasteiger partial charge in [0, 0.05) is 6.54 Å². The first-order chi connectivity index (χ1) is 5.40. The van der Waals surface area contributed by atoms with E-state index in [1.807, 2.05) is 0 Å². The van der Waals surface area contributed by atoms with E-state index in [-0.39, 0.29) is 19.0 Å². The summed E-state index contributed by atoms with van der Waals surface area (Å²) in [6.45, 7) is 3.46. The van der Waals surface area contributed by atoms with E-state index in [1.165, 1.54) is 0 Å². The van der Waals surface area contributed by atoms with E-state index >= 15 is 0 Å². The Morgan fingerprint density at radius 3 is 2.25 bits per heavy atom. The molecular weight excluding hydrogens is 158 g/mol. The van der Waals surface area contributed by atoms with E-state index in [9.17, 15) is 9.59 Å². The Labute approximate surface area is 71.5 Å².